The fourth-order valence-corrected chi connectivity index (χ4v) is 4.84. The van der Waals surface area contributed by atoms with E-state index in [-0.39, 0.29) is 22.8 Å². The number of carbonyl (C=O) groups is 2. The van der Waals surface area contributed by atoms with E-state index in [1.807, 2.05) is 4.90 Å². The number of amides is 2. The Morgan fingerprint density at radius 2 is 1.79 bits per heavy atom. The molecule has 1 aliphatic carbocycles. The Morgan fingerprint density at radius 3 is 2.33 bits per heavy atom. The van der Waals surface area contributed by atoms with E-state index in [0.29, 0.717) is 13.0 Å². The minimum absolute atomic E-state index is 0.136. The van der Waals surface area contributed by atoms with Crippen LogP contribution < -0.4 is 5.32 Å². The molecular formula is C20H26N2O2. The van der Waals surface area contributed by atoms with E-state index in [1.165, 1.54) is 16.7 Å². The van der Waals surface area contributed by atoms with Crippen molar-refractivity contribution < 1.29 is 9.59 Å². The molecule has 4 heteroatoms. The molecule has 1 atom stereocenters. The largest absolute Gasteiger partial charge is 0.349 e. The van der Waals surface area contributed by atoms with Crippen LogP contribution in [0.5, 0.6) is 0 Å². The van der Waals surface area contributed by atoms with Crippen molar-refractivity contribution in [2.45, 2.75) is 63.3 Å². The number of rotatable bonds is 2. The van der Waals surface area contributed by atoms with Crippen molar-refractivity contribution in [3.8, 4) is 0 Å². The first kappa shape index (κ1) is 15.7. The number of hydrogen-bond acceptors (Lipinski definition) is 2. The Balaban J connectivity index is 1.59. The number of aryl methyl sites for hydroxylation is 2. The Hall–Kier alpha value is -1.84. The van der Waals surface area contributed by atoms with Crippen molar-refractivity contribution in [1.29, 1.82) is 0 Å². The first-order valence-electron chi connectivity index (χ1n) is 9.12. The van der Waals surface area contributed by atoms with Gasteiger partial charge in [-0.25, -0.2) is 0 Å². The first-order valence-corrected chi connectivity index (χ1v) is 9.12. The van der Waals surface area contributed by atoms with Gasteiger partial charge in [0.1, 0.15) is 0 Å². The van der Waals surface area contributed by atoms with Gasteiger partial charge in [0, 0.05) is 19.5 Å². The van der Waals surface area contributed by atoms with Crippen molar-refractivity contribution in [3.05, 3.63) is 34.9 Å². The van der Waals surface area contributed by atoms with Crippen LogP contribution in [0.3, 0.4) is 0 Å². The minimum Gasteiger partial charge on any atom is -0.349 e. The molecule has 3 aliphatic rings. The average molecular weight is 326 g/mol. The van der Waals surface area contributed by atoms with Crippen LogP contribution in [-0.2, 0) is 15.0 Å². The van der Waals surface area contributed by atoms with Crippen LogP contribution in [-0.4, -0.2) is 35.3 Å². The molecule has 0 aromatic heterocycles. The molecule has 1 aromatic rings. The lowest BCUT2D eigenvalue weighted by Crippen LogP contribution is -2.52. The van der Waals surface area contributed by atoms with Crippen molar-refractivity contribution in [2.75, 3.05) is 13.1 Å². The molecule has 1 N–H and O–H groups in total. The SMILES string of the molecule is Cc1cc(C)cc(C2(C(=O)N3CCC4(CCC(=O)N4)C3)CCC2)c1. The molecule has 4 nitrogen and oxygen atoms in total. The Labute approximate surface area is 143 Å². The van der Waals surface area contributed by atoms with Gasteiger partial charge < -0.3 is 10.2 Å². The molecule has 1 saturated carbocycles. The van der Waals surface area contributed by atoms with Gasteiger partial charge in [-0.3, -0.25) is 9.59 Å². The zero-order valence-corrected chi connectivity index (χ0v) is 14.7. The van der Waals surface area contributed by atoms with Crippen molar-refractivity contribution in [3.63, 3.8) is 0 Å². The molecule has 1 aromatic carbocycles. The predicted octanol–water partition coefficient (Wildman–Crippen LogP) is 2.61. The number of likely N-dealkylation sites (tertiary alicyclic amines) is 1. The molecule has 1 spiro atoms. The highest BCUT2D eigenvalue weighted by Gasteiger charge is 2.52. The molecule has 2 heterocycles. The number of hydrogen-bond donors (Lipinski definition) is 1. The molecule has 4 rings (SSSR count). The second kappa shape index (κ2) is 5.33. The molecular weight excluding hydrogens is 300 g/mol. The summed E-state index contributed by atoms with van der Waals surface area (Å²) in [6, 6.07) is 6.54. The lowest BCUT2D eigenvalue weighted by molar-refractivity contribution is -0.140. The number of nitrogens with one attached hydrogen (secondary N) is 1. The molecule has 2 amide bonds. The van der Waals surface area contributed by atoms with E-state index >= 15 is 0 Å². The molecule has 1 unspecified atom stereocenters. The van der Waals surface area contributed by atoms with E-state index in [1.54, 1.807) is 0 Å². The van der Waals surface area contributed by atoms with E-state index in [4.69, 9.17) is 0 Å². The Morgan fingerprint density at radius 1 is 1.08 bits per heavy atom. The average Bonchev–Trinajstić information content (AvgIpc) is 3.03. The molecule has 0 radical (unpaired) electrons. The van der Waals surface area contributed by atoms with Crippen molar-refractivity contribution in [2.24, 2.45) is 0 Å². The van der Waals surface area contributed by atoms with Crippen molar-refractivity contribution >= 4 is 11.8 Å². The third-order valence-corrected chi connectivity index (χ3v) is 6.27. The van der Waals surface area contributed by atoms with Crippen LogP contribution >= 0.6 is 0 Å². The highest BCUT2D eigenvalue weighted by molar-refractivity contribution is 5.90. The number of carbonyl (C=O) groups excluding carboxylic acids is 2. The van der Waals surface area contributed by atoms with Crippen LogP contribution in [0.25, 0.3) is 0 Å². The van der Waals surface area contributed by atoms with Crippen LogP contribution in [0.4, 0.5) is 0 Å². The highest BCUT2D eigenvalue weighted by atomic mass is 16.2. The molecule has 128 valence electrons. The van der Waals surface area contributed by atoms with Gasteiger partial charge in [0.05, 0.1) is 11.0 Å². The van der Waals surface area contributed by atoms with Crippen LogP contribution in [0.1, 0.15) is 55.2 Å². The zero-order chi connectivity index (χ0) is 16.9. The van der Waals surface area contributed by atoms with Crippen LogP contribution in [0, 0.1) is 13.8 Å². The van der Waals surface area contributed by atoms with Gasteiger partial charge in [-0.05, 0) is 45.1 Å². The van der Waals surface area contributed by atoms with Crippen LogP contribution in [0.2, 0.25) is 0 Å². The standard InChI is InChI=1S/C20H26N2O2/c1-14-10-15(2)12-16(11-14)20(5-3-6-20)18(24)22-9-8-19(13-22)7-4-17(23)21-19/h10-12H,3-9,13H2,1-2H3,(H,21,23). The maximum Gasteiger partial charge on any atom is 0.233 e. The van der Waals surface area contributed by atoms with Gasteiger partial charge in [-0.2, -0.15) is 0 Å². The maximum absolute atomic E-state index is 13.4. The molecule has 24 heavy (non-hydrogen) atoms. The number of nitrogens with zero attached hydrogens (tertiary/aromatic N) is 1. The first-order chi connectivity index (χ1) is 11.4. The maximum atomic E-state index is 13.4. The van der Waals surface area contributed by atoms with Crippen molar-refractivity contribution in [1.82, 2.24) is 10.2 Å². The number of benzene rings is 1. The topological polar surface area (TPSA) is 49.4 Å². The third-order valence-electron chi connectivity index (χ3n) is 6.27. The molecule has 2 aliphatic heterocycles. The smallest absolute Gasteiger partial charge is 0.233 e. The van der Waals surface area contributed by atoms with E-state index < -0.39 is 0 Å². The van der Waals surface area contributed by atoms with Crippen LogP contribution in [0.15, 0.2) is 18.2 Å². The second-order valence-corrected chi connectivity index (χ2v) is 8.12. The normalized spacial score (nSPS) is 28.1. The fourth-order valence-electron chi connectivity index (χ4n) is 4.84. The lowest BCUT2D eigenvalue weighted by Gasteiger charge is -2.43. The summed E-state index contributed by atoms with van der Waals surface area (Å²) < 4.78 is 0. The minimum atomic E-state index is -0.328. The summed E-state index contributed by atoms with van der Waals surface area (Å²) in [5.41, 5.74) is 3.16. The Bertz CT molecular complexity index is 687. The van der Waals surface area contributed by atoms with Gasteiger partial charge in [-0.15, -0.1) is 0 Å². The quantitative estimate of drug-likeness (QED) is 0.908. The Kier molecular flexibility index (Phi) is 3.48. The van der Waals surface area contributed by atoms with E-state index in [0.717, 1.165) is 38.6 Å². The highest BCUT2D eigenvalue weighted by Crippen LogP contribution is 2.47. The summed E-state index contributed by atoms with van der Waals surface area (Å²) in [4.78, 5) is 27.1. The third kappa shape index (κ3) is 2.35. The fraction of sp³-hybridized carbons (Fsp3) is 0.600. The van der Waals surface area contributed by atoms with E-state index in [9.17, 15) is 9.59 Å². The summed E-state index contributed by atoms with van der Waals surface area (Å²) in [6.45, 7) is 5.66. The molecule has 2 saturated heterocycles. The summed E-state index contributed by atoms with van der Waals surface area (Å²) in [5, 5.41) is 3.13. The van der Waals surface area contributed by atoms with Gasteiger partial charge in [-0.1, -0.05) is 35.7 Å². The van der Waals surface area contributed by atoms with Gasteiger partial charge in [0.25, 0.3) is 0 Å². The molecule has 0 bridgehead atoms. The zero-order valence-electron chi connectivity index (χ0n) is 14.7. The summed E-state index contributed by atoms with van der Waals surface area (Å²) in [7, 11) is 0. The van der Waals surface area contributed by atoms with Gasteiger partial charge in [0.2, 0.25) is 11.8 Å². The summed E-state index contributed by atoms with van der Waals surface area (Å²) in [6.07, 6.45) is 5.38. The van der Waals surface area contributed by atoms with Gasteiger partial charge >= 0.3 is 0 Å². The van der Waals surface area contributed by atoms with E-state index in [2.05, 4.69) is 37.4 Å². The summed E-state index contributed by atoms with van der Waals surface area (Å²) in [5.74, 6) is 0.411. The monoisotopic (exact) mass is 326 g/mol. The summed E-state index contributed by atoms with van der Waals surface area (Å²) >= 11 is 0. The predicted molar refractivity (Wildman–Crippen MR) is 92.7 cm³/mol. The van der Waals surface area contributed by atoms with Gasteiger partial charge in [0.15, 0.2) is 0 Å². The molecule has 3 fully saturated rings. The lowest BCUT2D eigenvalue weighted by atomic mass is 9.63. The second-order valence-electron chi connectivity index (χ2n) is 8.12.